The van der Waals surface area contributed by atoms with E-state index in [0.717, 1.165) is 32.0 Å². The number of benzene rings is 2. The van der Waals surface area contributed by atoms with Gasteiger partial charge in [-0.25, -0.2) is 8.78 Å². The van der Waals surface area contributed by atoms with E-state index >= 15 is 0 Å². The summed E-state index contributed by atoms with van der Waals surface area (Å²) in [5, 5.41) is 12.1. The third-order valence-electron chi connectivity index (χ3n) is 4.73. The number of nitrogens with one attached hydrogen (secondary N) is 1. The maximum atomic E-state index is 14.8. The monoisotopic (exact) mass is 473 g/mol. The van der Waals surface area contributed by atoms with Crippen molar-refractivity contribution in [2.75, 3.05) is 6.61 Å². The SMILES string of the molecule is CCOC(=O)C(CC(C)(C)F)NC(c1ccc(-c2cc(C=O)ccc2O)c(F)c1)C(F)(F)F. The minimum Gasteiger partial charge on any atom is -0.507 e. The molecule has 10 heteroatoms. The Hall–Kier alpha value is -3.01. The van der Waals surface area contributed by atoms with Crippen LogP contribution in [-0.2, 0) is 9.53 Å². The number of hydrogen-bond acceptors (Lipinski definition) is 5. The van der Waals surface area contributed by atoms with E-state index < -0.39 is 47.7 Å². The molecular weight excluding hydrogens is 449 g/mol. The van der Waals surface area contributed by atoms with Gasteiger partial charge in [0.1, 0.15) is 35.6 Å². The third-order valence-corrected chi connectivity index (χ3v) is 4.73. The normalized spacial score (nSPS) is 13.9. The molecule has 0 spiro atoms. The fourth-order valence-electron chi connectivity index (χ4n) is 3.29. The van der Waals surface area contributed by atoms with Crippen molar-refractivity contribution in [3.8, 4) is 16.9 Å². The number of carbonyl (C=O) groups excluding carboxylic acids is 2. The van der Waals surface area contributed by atoms with Crippen molar-refractivity contribution in [1.29, 1.82) is 0 Å². The number of hydrogen-bond donors (Lipinski definition) is 2. The van der Waals surface area contributed by atoms with Gasteiger partial charge in [-0.15, -0.1) is 0 Å². The highest BCUT2D eigenvalue weighted by molar-refractivity contribution is 5.81. The van der Waals surface area contributed by atoms with Crippen LogP contribution < -0.4 is 5.32 Å². The summed E-state index contributed by atoms with van der Waals surface area (Å²) < 4.78 is 75.3. The zero-order valence-electron chi connectivity index (χ0n) is 18.2. The van der Waals surface area contributed by atoms with Gasteiger partial charge in [-0.2, -0.15) is 13.2 Å². The molecule has 0 aliphatic rings. The molecule has 2 aromatic rings. The molecule has 2 aromatic carbocycles. The number of aldehydes is 1. The molecule has 2 unspecified atom stereocenters. The molecule has 2 atom stereocenters. The summed E-state index contributed by atoms with van der Waals surface area (Å²) in [5.74, 6) is -2.53. The number of esters is 1. The predicted molar refractivity (Wildman–Crippen MR) is 111 cm³/mol. The Balaban J connectivity index is 2.47. The molecule has 0 aromatic heterocycles. The maximum absolute atomic E-state index is 14.8. The maximum Gasteiger partial charge on any atom is 0.407 e. The molecule has 0 aliphatic heterocycles. The molecular formula is C23H24F5NO4. The highest BCUT2D eigenvalue weighted by atomic mass is 19.4. The highest BCUT2D eigenvalue weighted by Crippen LogP contribution is 2.37. The second kappa shape index (κ2) is 10.3. The Morgan fingerprint density at radius 1 is 1.12 bits per heavy atom. The summed E-state index contributed by atoms with van der Waals surface area (Å²) in [6.07, 6.45) is -5.09. The van der Waals surface area contributed by atoms with Gasteiger partial charge in [-0.1, -0.05) is 12.1 Å². The van der Waals surface area contributed by atoms with E-state index in [2.05, 4.69) is 5.32 Å². The van der Waals surface area contributed by atoms with E-state index in [1.165, 1.54) is 19.1 Å². The summed E-state index contributed by atoms with van der Waals surface area (Å²) in [4.78, 5) is 23.1. The molecule has 2 N–H and O–H groups in total. The van der Waals surface area contributed by atoms with Crippen LogP contribution in [0.3, 0.4) is 0 Å². The standard InChI is InChI=1S/C23H24F5NO4/c1-4-33-21(32)18(11-22(2,3)25)29-20(23(26,27)28)14-6-7-15(17(24)10-14)16-9-13(12-30)5-8-19(16)31/h5-10,12,18,20,29,31H,4,11H2,1-3H3. The Kier molecular flexibility index (Phi) is 8.18. The summed E-state index contributed by atoms with van der Waals surface area (Å²) >= 11 is 0. The van der Waals surface area contributed by atoms with E-state index in [4.69, 9.17) is 4.74 Å². The lowest BCUT2D eigenvalue weighted by Gasteiger charge is -2.29. The predicted octanol–water partition coefficient (Wildman–Crippen LogP) is 5.27. The number of ether oxygens (including phenoxy) is 1. The van der Waals surface area contributed by atoms with Crippen molar-refractivity contribution >= 4 is 12.3 Å². The smallest absolute Gasteiger partial charge is 0.407 e. The van der Waals surface area contributed by atoms with Crippen molar-refractivity contribution in [2.24, 2.45) is 0 Å². The number of aromatic hydroxyl groups is 1. The zero-order chi connectivity index (χ0) is 25.0. The van der Waals surface area contributed by atoms with Crippen molar-refractivity contribution in [3.63, 3.8) is 0 Å². The fraction of sp³-hybridized carbons (Fsp3) is 0.391. The first kappa shape index (κ1) is 26.2. The lowest BCUT2D eigenvalue weighted by atomic mass is 9.96. The molecule has 2 rings (SSSR count). The summed E-state index contributed by atoms with van der Waals surface area (Å²) in [6, 6.07) is 2.10. The Morgan fingerprint density at radius 2 is 1.79 bits per heavy atom. The molecule has 0 heterocycles. The minimum absolute atomic E-state index is 0.0799. The molecule has 5 nitrogen and oxygen atoms in total. The number of phenols is 1. The Labute approximate surface area is 187 Å². The van der Waals surface area contributed by atoms with Gasteiger partial charge in [-0.05, 0) is 50.6 Å². The highest BCUT2D eigenvalue weighted by Gasteiger charge is 2.44. The lowest BCUT2D eigenvalue weighted by Crippen LogP contribution is -2.47. The Morgan fingerprint density at radius 3 is 2.30 bits per heavy atom. The molecule has 0 saturated carbocycles. The largest absolute Gasteiger partial charge is 0.507 e. The summed E-state index contributed by atoms with van der Waals surface area (Å²) in [6.45, 7) is 3.56. The molecule has 0 aliphatic carbocycles. The number of rotatable bonds is 9. The van der Waals surface area contributed by atoms with Gasteiger partial charge in [0, 0.05) is 23.1 Å². The second-order valence-corrected chi connectivity index (χ2v) is 8.00. The first-order chi connectivity index (χ1) is 15.3. The first-order valence-corrected chi connectivity index (χ1v) is 10.0. The van der Waals surface area contributed by atoms with E-state index in [9.17, 15) is 36.6 Å². The van der Waals surface area contributed by atoms with Crippen molar-refractivity contribution in [2.45, 2.75) is 51.1 Å². The van der Waals surface area contributed by atoms with Crippen LogP contribution >= 0.6 is 0 Å². The van der Waals surface area contributed by atoms with Gasteiger partial charge in [-0.3, -0.25) is 14.9 Å². The van der Waals surface area contributed by atoms with Gasteiger partial charge >= 0.3 is 12.1 Å². The van der Waals surface area contributed by atoms with Crippen LogP contribution in [0.2, 0.25) is 0 Å². The Bertz CT molecular complexity index is 1000. The van der Waals surface area contributed by atoms with E-state index in [-0.39, 0.29) is 29.0 Å². The summed E-state index contributed by atoms with van der Waals surface area (Å²) in [5.41, 5.74) is -2.74. The van der Waals surface area contributed by atoms with Gasteiger partial charge in [0.25, 0.3) is 0 Å². The van der Waals surface area contributed by atoms with Crippen molar-refractivity contribution < 1.29 is 41.4 Å². The summed E-state index contributed by atoms with van der Waals surface area (Å²) in [7, 11) is 0. The van der Waals surface area contributed by atoms with Crippen LogP contribution in [0.4, 0.5) is 22.0 Å². The molecule has 0 radical (unpaired) electrons. The average Bonchev–Trinajstić information content (AvgIpc) is 2.70. The molecule has 0 fully saturated rings. The molecule has 0 saturated heterocycles. The van der Waals surface area contributed by atoms with Crippen LogP contribution in [0.25, 0.3) is 11.1 Å². The number of phenolic OH excluding ortho intramolecular Hbond substituents is 1. The van der Waals surface area contributed by atoms with Crippen LogP contribution in [0, 0.1) is 5.82 Å². The van der Waals surface area contributed by atoms with Gasteiger partial charge in [0.05, 0.1) is 6.61 Å². The zero-order valence-corrected chi connectivity index (χ0v) is 18.2. The van der Waals surface area contributed by atoms with Gasteiger partial charge in [0.15, 0.2) is 0 Å². The quantitative estimate of drug-likeness (QED) is 0.295. The first-order valence-electron chi connectivity index (χ1n) is 10.0. The number of halogens is 5. The van der Waals surface area contributed by atoms with Crippen molar-refractivity contribution in [3.05, 3.63) is 53.3 Å². The van der Waals surface area contributed by atoms with Crippen molar-refractivity contribution in [1.82, 2.24) is 5.32 Å². The van der Waals surface area contributed by atoms with Gasteiger partial charge in [0.2, 0.25) is 0 Å². The minimum atomic E-state index is -4.96. The fourth-order valence-corrected chi connectivity index (χ4v) is 3.29. The molecule has 180 valence electrons. The average molecular weight is 473 g/mol. The van der Waals surface area contributed by atoms with Crippen LogP contribution in [0.5, 0.6) is 5.75 Å². The van der Waals surface area contributed by atoms with Crippen LogP contribution in [-0.4, -0.2) is 41.9 Å². The lowest BCUT2D eigenvalue weighted by molar-refractivity contribution is -0.165. The number of carbonyl (C=O) groups is 2. The van der Waals surface area contributed by atoms with Crippen LogP contribution in [0.15, 0.2) is 36.4 Å². The van der Waals surface area contributed by atoms with E-state index in [1.807, 2.05) is 0 Å². The third kappa shape index (κ3) is 6.98. The van der Waals surface area contributed by atoms with E-state index in [1.54, 1.807) is 0 Å². The van der Waals surface area contributed by atoms with E-state index in [0.29, 0.717) is 12.4 Å². The molecule has 33 heavy (non-hydrogen) atoms. The number of alkyl halides is 4. The van der Waals surface area contributed by atoms with Gasteiger partial charge < -0.3 is 9.84 Å². The second-order valence-electron chi connectivity index (χ2n) is 8.00. The van der Waals surface area contributed by atoms with Crippen LogP contribution in [0.1, 0.15) is 49.2 Å². The molecule has 0 bridgehead atoms. The molecule has 0 amide bonds. The topological polar surface area (TPSA) is 75.6 Å².